The predicted octanol–water partition coefficient (Wildman–Crippen LogP) is 3.56. The molecule has 0 saturated heterocycles. The van der Waals surface area contributed by atoms with Crippen LogP contribution in [0.4, 0.5) is 0 Å². The van der Waals surface area contributed by atoms with Gasteiger partial charge in [-0.3, -0.25) is 0 Å². The van der Waals surface area contributed by atoms with Crippen LogP contribution in [-0.4, -0.2) is 10.1 Å². The standard InChI is InChI=1S/C12H11BrClN3O/c13-8-5-7(3-4-9(8)14)11-16-12(18-17-11)10(15)6-1-2-6/h3-6,10H,1-2,15H2. The summed E-state index contributed by atoms with van der Waals surface area (Å²) in [5.41, 5.74) is 6.87. The first kappa shape index (κ1) is 12.1. The summed E-state index contributed by atoms with van der Waals surface area (Å²) >= 11 is 9.31. The molecule has 1 unspecified atom stereocenters. The van der Waals surface area contributed by atoms with E-state index in [4.69, 9.17) is 21.9 Å². The second kappa shape index (κ2) is 4.64. The minimum absolute atomic E-state index is 0.137. The topological polar surface area (TPSA) is 64.9 Å². The van der Waals surface area contributed by atoms with E-state index in [9.17, 15) is 0 Å². The van der Waals surface area contributed by atoms with E-state index in [1.54, 1.807) is 6.07 Å². The van der Waals surface area contributed by atoms with Crippen LogP contribution in [0, 0.1) is 5.92 Å². The first-order valence-electron chi connectivity index (χ1n) is 5.70. The zero-order valence-electron chi connectivity index (χ0n) is 9.44. The van der Waals surface area contributed by atoms with E-state index in [1.807, 2.05) is 12.1 Å². The Hall–Kier alpha value is -0.910. The van der Waals surface area contributed by atoms with Crippen molar-refractivity contribution in [2.75, 3.05) is 0 Å². The number of hydrogen-bond acceptors (Lipinski definition) is 4. The van der Waals surface area contributed by atoms with Crippen molar-refractivity contribution in [2.24, 2.45) is 11.7 Å². The SMILES string of the molecule is NC(c1nc(-c2ccc(Cl)c(Br)c2)no1)C1CC1. The van der Waals surface area contributed by atoms with Gasteiger partial charge in [0.15, 0.2) is 0 Å². The molecule has 18 heavy (non-hydrogen) atoms. The molecule has 1 heterocycles. The molecule has 1 aliphatic carbocycles. The molecule has 94 valence electrons. The third-order valence-electron chi connectivity index (χ3n) is 3.03. The number of nitrogens with two attached hydrogens (primary N) is 1. The molecule has 1 fully saturated rings. The van der Waals surface area contributed by atoms with Gasteiger partial charge in [-0.15, -0.1) is 0 Å². The minimum atomic E-state index is -0.137. The molecule has 2 N–H and O–H groups in total. The molecule has 6 heteroatoms. The highest BCUT2D eigenvalue weighted by molar-refractivity contribution is 9.10. The fourth-order valence-electron chi connectivity index (χ4n) is 1.78. The van der Waals surface area contributed by atoms with Gasteiger partial charge in [-0.05, 0) is 52.9 Å². The van der Waals surface area contributed by atoms with Crippen LogP contribution in [0.5, 0.6) is 0 Å². The fourth-order valence-corrected chi connectivity index (χ4v) is 2.28. The third-order valence-corrected chi connectivity index (χ3v) is 4.25. The maximum absolute atomic E-state index is 6.02. The van der Waals surface area contributed by atoms with Crippen LogP contribution in [0.1, 0.15) is 24.8 Å². The first-order valence-corrected chi connectivity index (χ1v) is 6.87. The van der Waals surface area contributed by atoms with Crippen LogP contribution in [0.3, 0.4) is 0 Å². The number of rotatable bonds is 3. The summed E-state index contributed by atoms with van der Waals surface area (Å²) in [6.07, 6.45) is 2.29. The lowest BCUT2D eigenvalue weighted by molar-refractivity contribution is 0.343. The molecule has 1 aromatic heterocycles. The quantitative estimate of drug-likeness (QED) is 0.935. The Labute approximate surface area is 118 Å². The van der Waals surface area contributed by atoms with Crippen molar-refractivity contribution in [3.05, 3.63) is 33.6 Å². The maximum Gasteiger partial charge on any atom is 0.244 e. The molecule has 1 atom stereocenters. The second-order valence-corrected chi connectivity index (χ2v) is 5.71. The smallest absolute Gasteiger partial charge is 0.244 e. The van der Waals surface area contributed by atoms with Gasteiger partial charge >= 0.3 is 0 Å². The van der Waals surface area contributed by atoms with Gasteiger partial charge in [0, 0.05) is 10.0 Å². The van der Waals surface area contributed by atoms with E-state index in [0.717, 1.165) is 22.9 Å². The minimum Gasteiger partial charge on any atom is -0.337 e. The van der Waals surface area contributed by atoms with Crippen molar-refractivity contribution in [3.63, 3.8) is 0 Å². The summed E-state index contributed by atoms with van der Waals surface area (Å²) < 4.78 is 6.02. The molecule has 2 aromatic rings. The molecule has 0 amide bonds. The number of benzene rings is 1. The highest BCUT2D eigenvalue weighted by Crippen LogP contribution is 2.39. The van der Waals surface area contributed by atoms with Gasteiger partial charge in [0.1, 0.15) is 0 Å². The summed E-state index contributed by atoms with van der Waals surface area (Å²) in [7, 11) is 0. The van der Waals surface area contributed by atoms with Crippen molar-refractivity contribution in [1.29, 1.82) is 0 Å². The summed E-state index contributed by atoms with van der Waals surface area (Å²) in [6.45, 7) is 0. The van der Waals surface area contributed by atoms with Crippen molar-refractivity contribution in [3.8, 4) is 11.4 Å². The van der Waals surface area contributed by atoms with Crippen molar-refractivity contribution < 1.29 is 4.52 Å². The number of nitrogens with zero attached hydrogens (tertiary/aromatic N) is 2. The normalized spacial score (nSPS) is 16.8. The van der Waals surface area contributed by atoms with Gasteiger partial charge in [-0.1, -0.05) is 16.8 Å². The third kappa shape index (κ3) is 2.30. The van der Waals surface area contributed by atoms with Gasteiger partial charge in [-0.25, -0.2) is 0 Å². The van der Waals surface area contributed by atoms with E-state index in [2.05, 4.69) is 26.1 Å². The second-order valence-electron chi connectivity index (χ2n) is 4.45. The molecule has 0 spiro atoms. The van der Waals surface area contributed by atoms with Crippen LogP contribution in [0.25, 0.3) is 11.4 Å². The Morgan fingerprint density at radius 3 is 2.89 bits per heavy atom. The summed E-state index contributed by atoms with van der Waals surface area (Å²) in [5.74, 6) is 1.55. The van der Waals surface area contributed by atoms with Crippen LogP contribution in [0.2, 0.25) is 5.02 Å². The van der Waals surface area contributed by atoms with Crippen molar-refractivity contribution >= 4 is 27.5 Å². The van der Waals surface area contributed by atoms with Gasteiger partial charge in [0.25, 0.3) is 0 Å². The molecular weight excluding hydrogens is 318 g/mol. The maximum atomic E-state index is 6.02. The molecule has 0 bridgehead atoms. The lowest BCUT2D eigenvalue weighted by Crippen LogP contribution is -2.12. The zero-order chi connectivity index (χ0) is 12.7. The van der Waals surface area contributed by atoms with Gasteiger partial charge in [0.2, 0.25) is 11.7 Å². The van der Waals surface area contributed by atoms with Crippen LogP contribution in [-0.2, 0) is 0 Å². The molecule has 0 aliphatic heterocycles. The lowest BCUT2D eigenvalue weighted by Gasteiger charge is -2.01. The highest BCUT2D eigenvalue weighted by Gasteiger charge is 2.33. The van der Waals surface area contributed by atoms with E-state index < -0.39 is 0 Å². The molecule has 0 radical (unpaired) electrons. The van der Waals surface area contributed by atoms with Crippen molar-refractivity contribution in [1.82, 2.24) is 10.1 Å². The van der Waals surface area contributed by atoms with Crippen LogP contribution >= 0.6 is 27.5 Å². The predicted molar refractivity (Wildman–Crippen MR) is 72.1 cm³/mol. The summed E-state index contributed by atoms with van der Waals surface area (Å²) in [6, 6.07) is 5.36. The lowest BCUT2D eigenvalue weighted by atomic mass is 10.2. The van der Waals surface area contributed by atoms with Gasteiger partial charge < -0.3 is 10.3 Å². The Kier molecular flexibility index (Phi) is 3.13. The number of hydrogen-bond donors (Lipinski definition) is 1. The van der Waals surface area contributed by atoms with E-state index in [-0.39, 0.29) is 6.04 Å². The Balaban J connectivity index is 1.89. The van der Waals surface area contributed by atoms with Gasteiger partial charge in [0.05, 0.1) is 11.1 Å². The number of aromatic nitrogens is 2. The van der Waals surface area contributed by atoms with Crippen LogP contribution in [0.15, 0.2) is 27.2 Å². The Morgan fingerprint density at radius 2 is 2.22 bits per heavy atom. The first-order chi connectivity index (χ1) is 8.65. The Morgan fingerprint density at radius 1 is 1.44 bits per heavy atom. The molecular formula is C12H11BrClN3O. The van der Waals surface area contributed by atoms with Crippen molar-refractivity contribution in [2.45, 2.75) is 18.9 Å². The average molecular weight is 329 g/mol. The summed E-state index contributed by atoms with van der Waals surface area (Å²) in [5, 5.41) is 4.61. The van der Waals surface area contributed by atoms with E-state index in [0.29, 0.717) is 22.7 Å². The van der Waals surface area contributed by atoms with Gasteiger partial charge in [-0.2, -0.15) is 4.98 Å². The summed E-state index contributed by atoms with van der Waals surface area (Å²) in [4.78, 5) is 4.35. The fraction of sp³-hybridized carbons (Fsp3) is 0.333. The number of halogens is 2. The average Bonchev–Trinajstić information content (AvgIpc) is 3.09. The van der Waals surface area contributed by atoms with E-state index >= 15 is 0 Å². The molecule has 1 aliphatic rings. The molecule has 4 nitrogen and oxygen atoms in total. The monoisotopic (exact) mass is 327 g/mol. The molecule has 1 saturated carbocycles. The Bertz CT molecular complexity index is 582. The largest absolute Gasteiger partial charge is 0.337 e. The van der Waals surface area contributed by atoms with Crippen LogP contribution < -0.4 is 5.73 Å². The molecule has 3 rings (SSSR count). The zero-order valence-corrected chi connectivity index (χ0v) is 11.8. The molecule has 1 aromatic carbocycles. The van der Waals surface area contributed by atoms with E-state index in [1.165, 1.54) is 0 Å². The highest BCUT2D eigenvalue weighted by atomic mass is 79.9.